The van der Waals surface area contributed by atoms with Crippen LogP contribution in [0.1, 0.15) is 41.0 Å². The Hall–Kier alpha value is -1.48. The molecule has 0 aromatic heterocycles. The highest BCUT2D eigenvalue weighted by Crippen LogP contribution is 2.45. The molecule has 4 atom stereocenters. The summed E-state index contributed by atoms with van der Waals surface area (Å²) in [6.45, 7) is 14.2. The van der Waals surface area contributed by atoms with Crippen LogP contribution in [-0.4, -0.2) is 55.1 Å². The van der Waals surface area contributed by atoms with E-state index >= 15 is 0 Å². The lowest BCUT2D eigenvalue weighted by atomic mass is 9.71. The maximum absolute atomic E-state index is 12.6. The maximum Gasteiger partial charge on any atom is 0.339 e. The van der Waals surface area contributed by atoms with Crippen LogP contribution in [0.5, 0.6) is 0 Å². The summed E-state index contributed by atoms with van der Waals surface area (Å²) in [4.78, 5) is 24.8. The summed E-state index contributed by atoms with van der Waals surface area (Å²) in [5.74, 6) is -2.57. The fourth-order valence-electron chi connectivity index (χ4n) is 3.26. The first-order valence-electron chi connectivity index (χ1n) is 9.59. The van der Waals surface area contributed by atoms with Crippen LogP contribution in [0.2, 0.25) is 18.1 Å². The Labute approximate surface area is 167 Å². The van der Waals surface area contributed by atoms with Gasteiger partial charge in [0.15, 0.2) is 8.32 Å². The molecule has 28 heavy (non-hydrogen) atoms. The van der Waals surface area contributed by atoms with Crippen LogP contribution in [-0.2, 0) is 23.5 Å². The van der Waals surface area contributed by atoms with Crippen molar-refractivity contribution >= 4 is 20.3 Å². The Morgan fingerprint density at radius 2 is 1.96 bits per heavy atom. The number of rotatable bonds is 5. The minimum Gasteiger partial charge on any atom is -0.465 e. The Balaban J connectivity index is 2.47. The third-order valence-corrected chi connectivity index (χ3v) is 10.4. The summed E-state index contributed by atoms with van der Waals surface area (Å²) in [6, 6.07) is 0. The molecule has 0 amide bonds. The van der Waals surface area contributed by atoms with Gasteiger partial charge in [-0.1, -0.05) is 26.8 Å². The lowest BCUT2D eigenvalue weighted by Gasteiger charge is -2.45. The van der Waals surface area contributed by atoms with Crippen molar-refractivity contribution in [2.24, 2.45) is 5.92 Å². The van der Waals surface area contributed by atoms with Crippen LogP contribution in [0.4, 0.5) is 0 Å². The first kappa shape index (κ1) is 22.8. The van der Waals surface area contributed by atoms with E-state index in [0.29, 0.717) is 0 Å². The van der Waals surface area contributed by atoms with Gasteiger partial charge in [-0.05, 0) is 43.6 Å². The monoisotopic (exact) mass is 412 g/mol. The van der Waals surface area contributed by atoms with Gasteiger partial charge in [0.25, 0.3) is 0 Å². The summed E-state index contributed by atoms with van der Waals surface area (Å²) >= 11 is 0. The van der Waals surface area contributed by atoms with Crippen molar-refractivity contribution in [3.8, 4) is 0 Å². The van der Waals surface area contributed by atoms with Gasteiger partial charge in [-0.15, -0.1) is 0 Å². The molecule has 2 rings (SSSR count). The highest BCUT2D eigenvalue weighted by atomic mass is 28.4. The second-order valence-electron chi connectivity index (χ2n) is 9.01. The van der Waals surface area contributed by atoms with E-state index in [1.807, 2.05) is 6.92 Å². The molecule has 0 saturated heterocycles. The number of carbonyl (C=O) groups excluding carboxylic acids is 2. The van der Waals surface area contributed by atoms with Crippen LogP contribution in [0.15, 0.2) is 23.3 Å². The van der Waals surface area contributed by atoms with Gasteiger partial charge in [0.05, 0.1) is 18.3 Å². The second kappa shape index (κ2) is 7.74. The Morgan fingerprint density at radius 1 is 1.36 bits per heavy atom. The van der Waals surface area contributed by atoms with Gasteiger partial charge >= 0.3 is 11.9 Å². The minimum absolute atomic E-state index is 0.00101. The van der Waals surface area contributed by atoms with Gasteiger partial charge in [0.2, 0.25) is 6.29 Å². The van der Waals surface area contributed by atoms with Crippen molar-refractivity contribution in [2.75, 3.05) is 6.61 Å². The molecule has 0 aromatic carbocycles. The standard InChI is InChI=1S/C20H32O7Si/c1-8-25-17(22)13-9-12(2)15(27-28(6,7)19(3,4)5)11-20(13,24)14-10-16(21)26-18(14)23/h9-10,13,15-16,21,24H,8,11H2,1-7H3/t13-,15-,16?,20-/m1/s1. The van der Waals surface area contributed by atoms with Gasteiger partial charge < -0.3 is 24.1 Å². The molecule has 1 aliphatic carbocycles. The van der Waals surface area contributed by atoms with E-state index in [1.54, 1.807) is 13.0 Å². The van der Waals surface area contributed by atoms with Crippen molar-refractivity contribution in [3.05, 3.63) is 23.3 Å². The second-order valence-corrected chi connectivity index (χ2v) is 13.8. The first-order chi connectivity index (χ1) is 12.7. The summed E-state index contributed by atoms with van der Waals surface area (Å²) in [5, 5.41) is 21.1. The molecule has 0 aromatic rings. The number of hydrogen-bond acceptors (Lipinski definition) is 7. The van der Waals surface area contributed by atoms with E-state index in [2.05, 4.69) is 33.9 Å². The summed E-state index contributed by atoms with van der Waals surface area (Å²) in [7, 11) is -2.18. The van der Waals surface area contributed by atoms with Crippen LogP contribution >= 0.6 is 0 Å². The quantitative estimate of drug-likeness (QED) is 0.406. The smallest absolute Gasteiger partial charge is 0.339 e. The van der Waals surface area contributed by atoms with E-state index in [4.69, 9.17) is 13.9 Å². The third kappa shape index (κ3) is 4.24. The zero-order chi connectivity index (χ0) is 21.5. The van der Waals surface area contributed by atoms with Crippen LogP contribution in [0.3, 0.4) is 0 Å². The van der Waals surface area contributed by atoms with Crippen LogP contribution in [0.25, 0.3) is 0 Å². The Bertz CT molecular complexity index is 704. The molecule has 2 aliphatic rings. The van der Waals surface area contributed by atoms with Crippen molar-refractivity contribution in [3.63, 3.8) is 0 Å². The van der Waals surface area contributed by atoms with Crippen molar-refractivity contribution in [1.29, 1.82) is 0 Å². The largest absolute Gasteiger partial charge is 0.465 e. The van der Waals surface area contributed by atoms with Gasteiger partial charge in [-0.3, -0.25) is 4.79 Å². The van der Waals surface area contributed by atoms with Gasteiger partial charge in [-0.25, -0.2) is 4.79 Å². The predicted molar refractivity (Wildman–Crippen MR) is 106 cm³/mol. The topological polar surface area (TPSA) is 102 Å². The third-order valence-electron chi connectivity index (χ3n) is 5.96. The fraction of sp³-hybridized carbons (Fsp3) is 0.700. The highest BCUT2D eigenvalue weighted by Gasteiger charge is 2.54. The molecule has 0 fully saturated rings. The number of hydrogen-bond donors (Lipinski definition) is 2. The summed E-state index contributed by atoms with van der Waals surface area (Å²) in [5.41, 5.74) is -1.21. The predicted octanol–water partition coefficient (Wildman–Crippen LogP) is 2.44. The molecular formula is C20H32O7Si. The number of cyclic esters (lactones) is 1. The van der Waals surface area contributed by atoms with E-state index in [1.165, 1.54) is 0 Å². The molecule has 158 valence electrons. The lowest BCUT2D eigenvalue weighted by molar-refractivity contribution is -0.158. The average Bonchev–Trinajstić information content (AvgIpc) is 2.88. The SMILES string of the molecule is CCOC(=O)[C@H]1C=C(C)[C@H](O[Si](C)(C)C(C)(C)C)C[C@]1(O)C1=CC(O)OC1=O. The van der Waals surface area contributed by atoms with E-state index in [9.17, 15) is 19.8 Å². The van der Waals surface area contributed by atoms with Gasteiger partial charge in [0.1, 0.15) is 11.5 Å². The van der Waals surface area contributed by atoms with E-state index < -0.39 is 44.2 Å². The highest BCUT2D eigenvalue weighted by molar-refractivity contribution is 6.74. The molecule has 0 radical (unpaired) electrons. The Kier molecular flexibility index (Phi) is 6.30. The van der Waals surface area contributed by atoms with Crippen LogP contribution < -0.4 is 0 Å². The molecular weight excluding hydrogens is 380 g/mol. The fourth-order valence-corrected chi connectivity index (χ4v) is 4.59. The zero-order valence-electron chi connectivity index (χ0n) is 17.7. The number of carbonyl (C=O) groups is 2. The molecule has 1 heterocycles. The maximum atomic E-state index is 12.6. The normalized spacial score (nSPS) is 31.2. The van der Waals surface area contributed by atoms with Crippen molar-refractivity contribution in [2.45, 2.75) is 77.2 Å². The molecule has 0 saturated carbocycles. The molecule has 8 heteroatoms. The zero-order valence-corrected chi connectivity index (χ0v) is 18.7. The molecule has 0 bridgehead atoms. The van der Waals surface area contributed by atoms with Crippen molar-refractivity contribution in [1.82, 2.24) is 0 Å². The number of ether oxygens (including phenoxy) is 2. The summed E-state index contributed by atoms with van der Waals surface area (Å²) < 4.78 is 16.4. The molecule has 1 unspecified atom stereocenters. The molecule has 7 nitrogen and oxygen atoms in total. The minimum atomic E-state index is -2.18. The lowest BCUT2D eigenvalue weighted by Crippen LogP contribution is -2.53. The molecule has 0 spiro atoms. The molecule has 2 N–H and O–H groups in total. The average molecular weight is 413 g/mol. The Morgan fingerprint density at radius 3 is 2.43 bits per heavy atom. The van der Waals surface area contributed by atoms with Crippen molar-refractivity contribution < 1.29 is 33.7 Å². The number of aliphatic hydroxyl groups is 2. The number of esters is 2. The molecule has 1 aliphatic heterocycles. The van der Waals surface area contributed by atoms with Gasteiger partial charge in [-0.2, -0.15) is 0 Å². The van der Waals surface area contributed by atoms with Crippen LogP contribution in [0, 0.1) is 5.92 Å². The summed E-state index contributed by atoms with van der Waals surface area (Å²) in [6.07, 6.45) is 0.841. The van der Waals surface area contributed by atoms with Gasteiger partial charge in [0, 0.05) is 6.42 Å². The van der Waals surface area contributed by atoms with E-state index in [-0.39, 0.29) is 23.6 Å². The van der Waals surface area contributed by atoms with E-state index in [0.717, 1.165) is 11.6 Å². The first-order valence-corrected chi connectivity index (χ1v) is 12.5. The number of aliphatic hydroxyl groups excluding tert-OH is 1.